The summed E-state index contributed by atoms with van der Waals surface area (Å²) in [4.78, 5) is 17.3. The molecule has 0 spiro atoms. The van der Waals surface area contributed by atoms with E-state index in [1.54, 1.807) is 24.3 Å². The molecule has 1 heterocycles. The lowest BCUT2D eigenvalue weighted by molar-refractivity contribution is 0.0650. The topological polar surface area (TPSA) is 60.9 Å². The van der Waals surface area contributed by atoms with Gasteiger partial charge in [-0.2, -0.15) is 0 Å². The number of carbonyl (C=O) groups excluding carboxylic acids is 1. The molecule has 7 heteroatoms. The van der Waals surface area contributed by atoms with Crippen LogP contribution in [0.25, 0.3) is 6.08 Å². The van der Waals surface area contributed by atoms with E-state index in [-0.39, 0.29) is 12.5 Å². The van der Waals surface area contributed by atoms with Crippen molar-refractivity contribution in [3.63, 3.8) is 0 Å². The Kier molecular flexibility index (Phi) is 8.23. The molecule has 0 atom stereocenters. The van der Waals surface area contributed by atoms with E-state index in [1.165, 1.54) is 16.1 Å². The Labute approximate surface area is 214 Å². The van der Waals surface area contributed by atoms with Crippen LogP contribution in [0.1, 0.15) is 27.0 Å². The zero-order valence-electron chi connectivity index (χ0n) is 20.9. The van der Waals surface area contributed by atoms with Crippen LogP contribution in [0.5, 0.6) is 0 Å². The van der Waals surface area contributed by atoms with Crippen LogP contribution in [0.3, 0.4) is 0 Å². The molecular weight excluding hydrogens is 470 g/mol. The van der Waals surface area contributed by atoms with E-state index in [0.29, 0.717) is 24.3 Å². The predicted octanol–water partition coefficient (Wildman–Crippen LogP) is 4.43. The lowest BCUT2D eigenvalue weighted by atomic mass is 10.1. The van der Waals surface area contributed by atoms with Gasteiger partial charge in [-0.3, -0.25) is 14.0 Å². The number of piperazine rings is 1. The zero-order chi connectivity index (χ0) is 25.5. The van der Waals surface area contributed by atoms with Crippen LogP contribution in [0.2, 0.25) is 0 Å². The Morgan fingerprint density at radius 1 is 0.889 bits per heavy atom. The Morgan fingerprint density at radius 3 is 2.17 bits per heavy atom. The molecule has 0 N–H and O–H groups in total. The average molecular weight is 504 g/mol. The van der Waals surface area contributed by atoms with Crippen molar-refractivity contribution in [1.29, 1.82) is 0 Å². The SMILES string of the molecule is Cc1ccccc1CN(c1ccc(C(=O)N2CCN(C/C=C/c3ccccc3)CC2)cc1)S(C)(=O)=O. The molecule has 0 bridgehead atoms. The first-order valence-electron chi connectivity index (χ1n) is 12.2. The molecule has 0 aromatic heterocycles. The maximum atomic E-state index is 13.1. The molecule has 4 rings (SSSR count). The van der Waals surface area contributed by atoms with E-state index in [2.05, 4.69) is 29.2 Å². The van der Waals surface area contributed by atoms with Gasteiger partial charge in [0.05, 0.1) is 18.5 Å². The van der Waals surface area contributed by atoms with Crippen LogP contribution in [0.15, 0.2) is 84.9 Å². The fraction of sp³-hybridized carbons (Fsp3) is 0.276. The van der Waals surface area contributed by atoms with Crippen LogP contribution in [-0.4, -0.2) is 63.1 Å². The highest BCUT2D eigenvalue weighted by Crippen LogP contribution is 2.23. The monoisotopic (exact) mass is 503 g/mol. The van der Waals surface area contributed by atoms with E-state index in [0.717, 1.165) is 30.8 Å². The van der Waals surface area contributed by atoms with Crippen LogP contribution in [0.4, 0.5) is 5.69 Å². The molecule has 0 saturated carbocycles. The first-order chi connectivity index (χ1) is 17.3. The summed E-state index contributed by atoms with van der Waals surface area (Å²) in [5, 5.41) is 0. The lowest BCUT2D eigenvalue weighted by Crippen LogP contribution is -2.48. The van der Waals surface area contributed by atoms with E-state index in [9.17, 15) is 13.2 Å². The third-order valence-corrected chi connectivity index (χ3v) is 7.65. The molecule has 1 amide bonds. The summed E-state index contributed by atoms with van der Waals surface area (Å²) >= 11 is 0. The summed E-state index contributed by atoms with van der Waals surface area (Å²) in [6, 6.07) is 24.9. The molecule has 6 nitrogen and oxygen atoms in total. The quantitative estimate of drug-likeness (QED) is 0.456. The fourth-order valence-corrected chi connectivity index (χ4v) is 5.21. The van der Waals surface area contributed by atoms with Gasteiger partial charge in [-0.1, -0.05) is 66.7 Å². The van der Waals surface area contributed by atoms with Gasteiger partial charge in [0.15, 0.2) is 0 Å². The van der Waals surface area contributed by atoms with Gasteiger partial charge in [-0.15, -0.1) is 0 Å². The number of amides is 1. The summed E-state index contributed by atoms with van der Waals surface area (Å²) in [5.41, 5.74) is 4.28. The van der Waals surface area contributed by atoms with Gasteiger partial charge in [0.1, 0.15) is 0 Å². The van der Waals surface area contributed by atoms with Crippen molar-refractivity contribution in [2.24, 2.45) is 0 Å². The molecule has 0 unspecified atom stereocenters. The maximum Gasteiger partial charge on any atom is 0.253 e. The van der Waals surface area contributed by atoms with E-state index in [1.807, 2.05) is 54.3 Å². The first-order valence-corrected chi connectivity index (χ1v) is 14.0. The van der Waals surface area contributed by atoms with E-state index in [4.69, 9.17) is 0 Å². The lowest BCUT2D eigenvalue weighted by Gasteiger charge is -2.34. The van der Waals surface area contributed by atoms with Gasteiger partial charge < -0.3 is 4.90 Å². The zero-order valence-corrected chi connectivity index (χ0v) is 21.7. The highest BCUT2D eigenvalue weighted by Gasteiger charge is 2.23. The maximum absolute atomic E-state index is 13.1. The second-order valence-electron chi connectivity index (χ2n) is 9.15. The van der Waals surface area contributed by atoms with Gasteiger partial charge in [0, 0.05) is 38.3 Å². The Balaban J connectivity index is 1.36. The number of hydrogen-bond donors (Lipinski definition) is 0. The summed E-state index contributed by atoms with van der Waals surface area (Å²) < 4.78 is 26.5. The van der Waals surface area contributed by atoms with Crippen LogP contribution < -0.4 is 4.31 Å². The molecule has 0 aliphatic carbocycles. The highest BCUT2D eigenvalue weighted by molar-refractivity contribution is 7.92. The number of sulfonamides is 1. The highest BCUT2D eigenvalue weighted by atomic mass is 32.2. The van der Waals surface area contributed by atoms with E-state index < -0.39 is 10.0 Å². The first kappa shape index (κ1) is 25.7. The smallest absolute Gasteiger partial charge is 0.253 e. The fourth-order valence-electron chi connectivity index (χ4n) is 4.33. The van der Waals surface area contributed by atoms with Gasteiger partial charge in [0.2, 0.25) is 10.0 Å². The molecule has 3 aromatic carbocycles. The molecular formula is C29H33N3O3S. The number of carbonyl (C=O) groups is 1. The number of hydrogen-bond acceptors (Lipinski definition) is 4. The predicted molar refractivity (Wildman–Crippen MR) is 146 cm³/mol. The van der Waals surface area contributed by atoms with Crippen molar-refractivity contribution < 1.29 is 13.2 Å². The van der Waals surface area contributed by atoms with Crippen molar-refractivity contribution >= 4 is 27.7 Å². The summed E-state index contributed by atoms with van der Waals surface area (Å²) in [6.07, 6.45) is 5.49. The van der Waals surface area contributed by atoms with Crippen LogP contribution >= 0.6 is 0 Å². The van der Waals surface area contributed by atoms with Crippen molar-refractivity contribution in [1.82, 2.24) is 9.80 Å². The summed E-state index contributed by atoms with van der Waals surface area (Å²) in [5.74, 6) is -0.0224. The van der Waals surface area contributed by atoms with E-state index >= 15 is 0 Å². The minimum Gasteiger partial charge on any atom is -0.336 e. The molecule has 36 heavy (non-hydrogen) atoms. The molecule has 1 aliphatic rings. The van der Waals surface area contributed by atoms with Crippen molar-refractivity contribution in [3.8, 4) is 0 Å². The molecule has 0 radical (unpaired) electrons. The van der Waals surface area contributed by atoms with Gasteiger partial charge in [-0.05, 0) is 47.9 Å². The standard InChI is InChI=1S/C29H33N3O3S/c1-24-9-6-7-13-27(24)23-32(36(2,34)35)28-16-14-26(15-17-28)29(33)31-21-19-30(20-22-31)18-8-12-25-10-4-3-5-11-25/h3-17H,18-23H2,1-2H3/b12-8+. The second kappa shape index (κ2) is 11.5. The number of nitrogens with zero attached hydrogens (tertiary/aromatic N) is 3. The molecule has 3 aromatic rings. The van der Waals surface area contributed by atoms with Crippen molar-refractivity contribution in [2.45, 2.75) is 13.5 Å². The number of aryl methyl sites for hydroxylation is 1. The third-order valence-electron chi connectivity index (χ3n) is 6.51. The second-order valence-corrected chi connectivity index (χ2v) is 11.1. The average Bonchev–Trinajstić information content (AvgIpc) is 2.88. The third kappa shape index (κ3) is 6.62. The Hall–Kier alpha value is -3.42. The molecule has 188 valence electrons. The Morgan fingerprint density at radius 2 is 1.53 bits per heavy atom. The normalized spacial score (nSPS) is 14.8. The number of benzene rings is 3. The van der Waals surface area contributed by atoms with Gasteiger partial charge in [0.25, 0.3) is 5.91 Å². The van der Waals surface area contributed by atoms with Crippen molar-refractivity contribution in [2.75, 3.05) is 43.3 Å². The Bertz CT molecular complexity index is 1300. The number of rotatable bonds is 8. The minimum atomic E-state index is -3.49. The molecule has 1 aliphatic heterocycles. The number of anilines is 1. The molecule has 1 fully saturated rings. The summed E-state index contributed by atoms with van der Waals surface area (Å²) in [6.45, 7) is 6.05. The van der Waals surface area contributed by atoms with Crippen LogP contribution in [0, 0.1) is 6.92 Å². The van der Waals surface area contributed by atoms with Crippen molar-refractivity contribution in [3.05, 3.63) is 107 Å². The summed E-state index contributed by atoms with van der Waals surface area (Å²) in [7, 11) is -3.49. The largest absolute Gasteiger partial charge is 0.336 e. The minimum absolute atomic E-state index is 0.0224. The van der Waals surface area contributed by atoms with Crippen LogP contribution in [-0.2, 0) is 16.6 Å². The van der Waals surface area contributed by atoms with Gasteiger partial charge in [-0.25, -0.2) is 8.42 Å². The van der Waals surface area contributed by atoms with Gasteiger partial charge >= 0.3 is 0 Å². The molecule has 1 saturated heterocycles.